The Kier molecular flexibility index (Phi) is 10.3. The van der Waals surface area contributed by atoms with Crippen LogP contribution in [0, 0.1) is 17.3 Å². The monoisotopic (exact) mass is 488 g/mol. The van der Waals surface area contributed by atoms with Crippen LogP contribution in [0.25, 0.3) is 0 Å². The van der Waals surface area contributed by atoms with E-state index in [1.54, 1.807) is 0 Å². The van der Waals surface area contributed by atoms with Crippen molar-refractivity contribution < 1.29 is 20.1 Å². The molecule has 0 aromatic rings. The van der Waals surface area contributed by atoms with Crippen molar-refractivity contribution in [3.8, 4) is 0 Å². The molecule has 0 radical (unpaired) electrons. The Bertz CT molecular complexity index is 762. The average Bonchev–Trinajstić information content (AvgIpc) is 3.16. The molecule has 200 valence electrons. The van der Waals surface area contributed by atoms with Gasteiger partial charge < -0.3 is 20.1 Å². The molecule has 0 aromatic heterocycles. The van der Waals surface area contributed by atoms with Gasteiger partial charge in [0.2, 0.25) is 0 Å². The third kappa shape index (κ3) is 6.89. The highest BCUT2D eigenvalue weighted by molar-refractivity contribution is 5.38. The van der Waals surface area contributed by atoms with Crippen molar-refractivity contribution in [2.75, 3.05) is 6.61 Å². The quantitative estimate of drug-likeness (QED) is 0.285. The second-order valence-electron chi connectivity index (χ2n) is 12.1. The fraction of sp³-hybridized carbons (Fsp3) is 0.806. The van der Waals surface area contributed by atoms with Gasteiger partial charge >= 0.3 is 0 Å². The van der Waals surface area contributed by atoms with Crippen LogP contribution >= 0.6 is 0 Å². The second kappa shape index (κ2) is 12.5. The van der Waals surface area contributed by atoms with Gasteiger partial charge in [-0.15, -0.1) is 0 Å². The summed E-state index contributed by atoms with van der Waals surface area (Å²) in [6, 6.07) is 0. The molecule has 3 aliphatic carbocycles. The van der Waals surface area contributed by atoms with Crippen LogP contribution in [-0.4, -0.2) is 45.8 Å². The lowest BCUT2D eigenvalue weighted by atomic mass is 9.62. The zero-order valence-electron chi connectivity index (χ0n) is 22.9. The SMILES string of the molecule is C=C1C(=CC=C2CCC[C@]3(C)[C@@H]([C@@H](C)OCCCC(O)(CCC)CCC)CC[C@@H]23)C[C@@H](O)C[C@@H]1O. The lowest BCUT2D eigenvalue weighted by Crippen LogP contribution is -2.39. The fourth-order valence-electron chi connectivity index (χ4n) is 7.61. The topological polar surface area (TPSA) is 69.9 Å². The summed E-state index contributed by atoms with van der Waals surface area (Å²) < 4.78 is 6.41. The van der Waals surface area contributed by atoms with E-state index in [0.29, 0.717) is 24.7 Å². The first-order valence-corrected chi connectivity index (χ1v) is 14.4. The maximum absolute atomic E-state index is 10.9. The van der Waals surface area contributed by atoms with Gasteiger partial charge in [0.1, 0.15) is 0 Å². The number of rotatable bonds is 11. The Hall–Kier alpha value is -0.940. The molecular weight excluding hydrogens is 436 g/mol. The molecule has 0 unspecified atom stereocenters. The van der Waals surface area contributed by atoms with Gasteiger partial charge in [0, 0.05) is 13.0 Å². The number of aliphatic hydroxyl groups excluding tert-OH is 2. The zero-order chi connectivity index (χ0) is 25.6. The highest BCUT2D eigenvalue weighted by Gasteiger charge is 2.51. The van der Waals surface area contributed by atoms with Gasteiger partial charge in [0.05, 0.1) is 23.9 Å². The molecule has 0 aromatic carbocycles. The van der Waals surface area contributed by atoms with Gasteiger partial charge in [-0.1, -0.05) is 57.9 Å². The van der Waals surface area contributed by atoms with Crippen LogP contribution in [0.4, 0.5) is 0 Å². The normalized spacial score (nSPS) is 35.0. The number of allylic oxidation sites excluding steroid dienone is 3. The van der Waals surface area contributed by atoms with Crippen molar-refractivity contribution >= 4 is 0 Å². The van der Waals surface area contributed by atoms with Gasteiger partial charge in [-0.05, 0) is 99.5 Å². The van der Waals surface area contributed by atoms with Crippen molar-refractivity contribution in [1.82, 2.24) is 0 Å². The summed E-state index contributed by atoms with van der Waals surface area (Å²) in [5.41, 5.74) is 3.02. The Labute approximate surface area is 214 Å². The number of aliphatic hydroxyl groups is 3. The van der Waals surface area contributed by atoms with Gasteiger partial charge in [-0.3, -0.25) is 0 Å². The van der Waals surface area contributed by atoms with Crippen LogP contribution in [0.3, 0.4) is 0 Å². The first kappa shape index (κ1) is 28.6. The third-order valence-corrected chi connectivity index (χ3v) is 9.47. The van der Waals surface area contributed by atoms with E-state index >= 15 is 0 Å². The second-order valence-corrected chi connectivity index (χ2v) is 12.1. The average molecular weight is 489 g/mol. The van der Waals surface area contributed by atoms with Crippen molar-refractivity contribution in [3.05, 3.63) is 35.5 Å². The molecule has 0 spiro atoms. The lowest BCUT2D eigenvalue weighted by Gasteiger charge is -2.44. The number of fused-ring (bicyclic) bond motifs is 1. The van der Waals surface area contributed by atoms with Crippen molar-refractivity contribution in [3.63, 3.8) is 0 Å². The zero-order valence-corrected chi connectivity index (χ0v) is 22.9. The molecule has 3 aliphatic rings. The van der Waals surface area contributed by atoms with E-state index in [-0.39, 0.29) is 11.5 Å². The summed E-state index contributed by atoms with van der Waals surface area (Å²) in [4.78, 5) is 0. The summed E-state index contributed by atoms with van der Waals surface area (Å²) in [6.07, 6.45) is 16.1. The molecule has 35 heavy (non-hydrogen) atoms. The fourth-order valence-corrected chi connectivity index (χ4v) is 7.61. The molecule has 6 atom stereocenters. The smallest absolute Gasteiger partial charge is 0.0811 e. The predicted molar refractivity (Wildman–Crippen MR) is 144 cm³/mol. The number of hydrogen-bond acceptors (Lipinski definition) is 4. The van der Waals surface area contributed by atoms with E-state index in [9.17, 15) is 15.3 Å². The molecule has 0 bridgehead atoms. The molecule has 0 aliphatic heterocycles. The Morgan fingerprint density at radius 3 is 2.54 bits per heavy atom. The van der Waals surface area contributed by atoms with Gasteiger partial charge in [-0.25, -0.2) is 0 Å². The van der Waals surface area contributed by atoms with E-state index in [4.69, 9.17) is 4.74 Å². The van der Waals surface area contributed by atoms with Gasteiger partial charge in [0.25, 0.3) is 0 Å². The molecule has 0 amide bonds. The van der Waals surface area contributed by atoms with Crippen LogP contribution in [0.1, 0.15) is 111 Å². The largest absolute Gasteiger partial charge is 0.393 e. The highest BCUT2D eigenvalue weighted by Crippen LogP contribution is 2.58. The van der Waals surface area contributed by atoms with E-state index in [2.05, 4.69) is 46.4 Å². The number of ether oxygens (including phenoxy) is 1. The van der Waals surface area contributed by atoms with Crippen molar-refractivity contribution in [2.45, 2.75) is 135 Å². The van der Waals surface area contributed by atoms with Gasteiger partial charge in [-0.2, -0.15) is 0 Å². The molecule has 0 saturated heterocycles. The summed E-state index contributed by atoms with van der Waals surface area (Å²) >= 11 is 0. The molecule has 3 rings (SSSR count). The molecule has 3 saturated carbocycles. The predicted octanol–water partition coefficient (Wildman–Crippen LogP) is 6.64. The van der Waals surface area contributed by atoms with Crippen LogP contribution < -0.4 is 0 Å². The lowest BCUT2D eigenvalue weighted by molar-refractivity contribution is -0.0384. The molecule has 0 heterocycles. The first-order valence-electron chi connectivity index (χ1n) is 14.4. The minimum Gasteiger partial charge on any atom is -0.393 e. The Morgan fingerprint density at radius 2 is 1.86 bits per heavy atom. The molecule has 4 heteroatoms. The van der Waals surface area contributed by atoms with E-state index in [1.165, 1.54) is 31.3 Å². The van der Waals surface area contributed by atoms with Gasteiger partial charge in [0.15, 0.2) is 0 Å². The van der Waals surface area contributed by atoms with Crippen LogP contribution in [-0.2, 0) is 4.74 Å². The molecule has 3 N–H and O–H groups in total. The van der Waals surface area contributed by atoms with E-state index < -0.39 is 17.8 Å². The minimum absolute atomic E-state index is 0.233. The Balaban J connectivity index is 1.60. The molecule has 4 nitrogen and oxygen atoms in total. The minimum atomic E-state index is -0.631. The van der Waals surface area contributed by atoms with Crippen LogP contribution in [0.15, 0.2) is 35.5 Å². The van der Waals surface area contributed by atoms with E-state index in [1.807, 2.05) is 0 Å². The van der Waals surface area contributed by atoms with Crippen molar-refractivity contribution in [1.29, 1.82) is 0 Å². The maximum Gasteiger partial charge on any atom is 0.0811 e. The van der Waals surface area contributed by atoms with Crippen molar-refractivity contribution in [2.24, 2.45) is 17.3 Å². The molecular formula is C31H52O4. The first-order chi connectivity index (χ1) is 16.6. The van der Waals surface area contributed by atoms with Crippen LogP contribution in [0.2, 0.25) is 0 Å². The van der Waals surface area contributed by atoms with E-state index in [0.717, 1.165) is 62.7 Å². The summed E-state index contributed by atoms with van der Waals surface area (Å²) in [6.45, 7) is 13.8. The standard InChI is InChI=1S/C31H52O4/c1-6-15-31(34,16-7-2)18-9-19-35-23(4)27-13-14-28-24(10-8-17-30(27,28)5)11-12-25-20-26(32)21-29(33)22(25)3/h11-12,23,26-29,32-34H,3,6-10,13-21H2,1-2,4-5H3/t23-,26-,27-,28+,29+,30-/m1/s1. The highest BCUT2D eigenvalue weighted by atomic mass is 16.5. The maximum atomic E-state index is 10.9. The molecule has 3 fully saturated rings. The van der Waals surface area contributed by atoms with Crippen LogP contribution in [0.5, 0.6) is 0 Å². The summed E-state index contributed by atoms with van der Waals surface area (Å²) in [5, 5.41) is 31.2. The summed E-state index contributed by atoms with van der Waals surface area (Å²) in [7, 11) is 0. The Morgan fingerprint density at radius 1 is 1.14 bits per heavy atom. The number of hydrogen-bond donors (Lipinski definition) is 3. The summed E-state index contributed by atoms with van der Waals surface area (Å²) in [5.74, 6) is 1.14. The third-order valence-electron chi connectivity index (χ3n) is 9.47.